The molecule has 4 heteroatoms. The fourth-order valence-electron chi connectivity index (χ4n) is 1.31. The van der Waals surface area contributed by atoms with Crippen LogP contribution in [-0.4, -0.2) is 11.9 Å². The quantitative estimate of drug-likeness (QED) is 0.811. The van der Waals surface area contributed by atoms with E-state index in [1.807, 2.05) is 0 Å². The summed E-state index contributed by atoms with van der Waals surface area (Å²) >= 11 is 0. The minimum atomic E-state index is -0.443. The van der Waals surface area contributed by atoms with Crippen molar-refractivity contribution < 1.29 is 18.7 Å². The molecular formula is C14H14O4. The lowest BCUT2D eigenvalue weighted by molar-refractivity contribution is -0.122. The minimum Gasteiger partial charge on any atom is -0.483 e. The maximum atomic E-state index is 11.1. The Morgan fingerprint density at radius 3 is 2.39 bits per heavy atom. The van der Waals surface area contributed by atoms with Crippen molar-refractivity contribution in [1.29, 1.82) is 0 Å². The number of carbonyl (C=O) groups is 1. The molecule has 1 unspecified atom stereocenters. The number of ketones is 1. The van der Waals surface area contributed by atoms with Crippen molar-refractivity contribution in [3.63, 3.8) is 0 Å². The molecule has 0 amide bonds. The van der Waals surface area contributed by atoms with E-state index in [2.05, 4.69) is 0 Å². The summed E-state index contributed by atoms with van der Waals surface area (Å²) in [6.07, 6.45) is 1.10. The van der Waals surface area contributed by atoms with Gasteiger partial charge in [-0.3, -0.25) is 4.79 Å². The van der Waals surface area contributed by atoms with E-state index in [0.29, 0.717) is 17.4 Å². The molecule has 2 aromatic rings. The van der Waals surface area contributed by atoms with Crippen molar-refractivity contribution >= 4 is 5.78 Å². The summed E-state index contributed by atoms with van der Waals surface area (Å²) in [4.78, 5) is 11.1. The molecule has 1 heterocycles. The van der Waals surface area contributed by atoms with Gasteiger partial charge in [0, 0.05) is 6.07 Å². The summed E-state index contributed by atoms with van der Waals surface area (Å²) in [5, 5.41) is 0. The Morgan fingerprint density at radius 1 is 1.17 bits per heavy atom. The molecule has 1 aromatic heterocycles. The molecule has 0 bridgehead atoms. The zero-order valence-electron chi connectivity index (χ0n) is 10.3. The van der Waals surface area contributed by atoms with Gasteiger partial charge in [0.2, 0.25) is 0 Å². The molecule has 0 fully saturated rings. The van der Waals surface area contributed by atoms with Gasteiger partial charge in [-0.1, -0.05) is 0 Å². The Balaban J connectivity index is 1.99. The Morgan fingerprint density at radius 2 is 1.83 bits per heavy atom. The van der Waals surface area contributed by atoms with Crippen molar-refractivity contribution in [1.82, 2.24) is 0 Å². The van der Waals surface area contributed by atoms with Gasteiger partial charge in [-0.05, 0) is 44.2 Å². The van der Waals surface area contributed by atoms with E-state index in [1.165, 1.54) is 6.92 Å². The smallest absolute Gasteiger partial charge is 0.289 e. The Labute approximate surface area is 105 Å². The standard InChI is InChI=1S/C14H14O4/c1-10(15)11(2)17-12-5-7-13(8-6-12)18-14-4-3-9-16-14/h3-9,11H,1-2H3. The Hall–Kier alpha value is -2.23. The highest BCUT2D eigenvalue weighted by Gasteiger charge is 2.09. The van der Waals surface area contributed by atoms with Crippen LogP contribution in [0.15, 0.2) is 47.1 Å². The first kappa shape index (κ1) is 12.2. The van der Waals surface area contributed by atoms with E-state index in [-0.39, 0.29) is 5.78 Å². The molecule has 0 spiro atoms. The molecule has 0 N–H and O–H groups in total. The summed E-state index contributed by atoms with van der Waals surface area (Å²) in [5.41, 5.74) is 0. The van der Waals surface area contributed by atoms with E-state index in [9.17, 15) is 4.79 Å². The first-order valence-electron chi connectivity index (χ1n) is 5.63. The van der Waals surface area contributed by atoms with E-state index in [1.54, 1.807) is 49.6 Å². The van der Waals surface area contributed by atoms with Gasteiger partial charge in [0.1, 0.15) is 11.5 Å². The van der Waals surface area contributed by atoms with Crippen LogP contribution >= 0.6 is 0 Å². The fraction of sp³-hybridized carbons (Fsp3) is 0.214. The lowest BCUT2D eigenvalue weighted by Crippen LogP contribution is -2.20. The van der Waals surface area contributed by atoms with Crippen LogP contribution in [0.2, 0.25) is 0 Å². The third kappa shape index (κ3) is 3.13. The topological polar surface area (TPSA) is 48.7 Å². The van der Waals surface area contributed by atoms with Gasteiger partial charge in [0.25, 0.3) is 5.95 Å². The predicted octanol–water partition coefficient (Wildman–Crippen LogP) is 3.43. The highest BCUT2D eigenvalue weighted by molar-refractivity contribution is 5.80. The van der Waals surface area contributed by atoms with Crippen LogP contribution < -0.4 is 9.47 Å². The van der Waals surface area contributed by atoms with Crippen LogP contribution in [0.3, 0.4) is 0 Å². The number of benzene rings is 1. The highest BCUT2D eigenvalue weighted by atomic mass is 16.6. The maximum absolute atomic E-state index is 11.1. The van der Waals surface area contributed by atoms with Crippen molar-refractivity contribution in [2.24, 2.45) is 0 Å². The second-order valence-corrected chi connectivity index (χ2v) is 3.88. The second-order valence-electron chi connectivity index (χ2n) is 3.88. The van der Waals surface area contributed by atoms with Gasteiger partial charge in [0.05, 0.1) is 6.26 Å². The molecule has 0 aliphatic heterocycles. The lowest BCUT2D eigenvalue weighted by atomic mass is 10.3. The normalized spacial score (nSPS) is 11.9. The van der Waals surface area contributed by atoms with E-state index >= 15 is 0 Å². The highest BCUT2D eigenvalue weighted by Crippen LogP contribution is 2.24. The van der Waals surface area contributed by atoms with Gasteiger partial charge < -0.3 is 13.9 Å². The zero-order valence-corrected chi connectivity index (χ0v) is 10.3. The summed E-state index contributed by atoms with van der Waals surface area (Å²) in [6, 6.07) is 10.5. The van der Waals surface area contributed by atoms with Crippen LogP contribution in [-0.2, 0) is 4.79 Å². The first-order valence-corrected chi connectivity index (χ1v) is 5.63. The van der Waals surface area contributed by atoms with E-state index in [4.69, 9.17) is 13.9 Å². The molecule has 1 atom stereocenters. The van der Waals surface area contributed by atoms with Crippen LogP contribution in [0.1, 0.15) is 13.8 Å². The van der Waals surface area contributed by atoms with E-state index < -0.39 is 6.10 Å². The average Bonchev–Trinajstić information content (AvgIpc) is 2.84. The number of hydrogen-bond acceptors (Lipinski definition) is 4. The van der Waals surface area contributed by atoms with Crippen molar-refractivity contribution in [3.05, 3.63) is 42.7 Å². The van der Waals surface area contributed by atoms with Crippen molar-refractivity contribution in [3.8, 4) is 17.4 Å². The third-order valence-electron chi connectivity index (χ3n) is 2.42. The SMILES string of the molecule is CC(=O)C(C)Oc1ccc(Oc2ccco2)cc1. The van der Waals surface area contributed by atoms with Crippen molar-refractivity contribution in [2.75, 3.05) is 0 Å². The third-order valence-corrected chi connectivity index (χ3v) is 2.42. The van der Waals surface area contributed by atoms with Gasteiger partial charge in [-0.15, -0.1) is 0 Å². The Bertz CT molecular complexity index is 499. The average molecular weight is 246 g/mol. The number of rotatable bonds is 5. The molecule has 0 radical (unpaired) electrons. The molecule has 0 saturated heterocycles. The molecule has 0 aliphatic carbocycles. The Kier molecular flexibility index (Phi) is 3.67. The number of Topliss-reactive ketones (excluding diaryl/α,β-unsaturated/α-hetero) is 1. The number of carbonyl (C=O) groups excluding carboxylic acids is 1. The maximum Gasteiger partial charge on any atom is 0.289 e. The largest absolute Gasteiger partial charge is 0.483 e. The van der Waals surface area contributed by atoms with Crippen LogP contribution in [0, 0.1) is 0 Å². The monoisotopic (exact) mass is 246 g/mol. The summed E-state index contributed by atoms with van der Waals surface area (Å²) in [5.74, 6) is 1.70. The van der Waals surface area contributed by atoms with Crippen molar-refractivity contribution in [2.45, 2.75) is 20.0 Å². The van der Waals surface area contributed by atoms with Gasteiger partial charge in [-0.25, -0.2) is 0 Å². The number of hydrogen-bond donors (Lipinski definition) is 0. The molecule has 94 valence electrons. The van der Waals surface area contributed by atoms with Gasteiger partial charge >= 0.3 is 0 Å². The fourth-order valence-corrected chi connectivity index (χ4v) is 1.31. The lowest BCUT2D eigenvalue weighted by Gasteiger charge is -2.11. The van der Waals surface area contributed by atoms with Crippen LogP contribution in [0.4, 0.5) is 0 Å². The molecule has 2 rings (SSSR count). The first-order chi connectivity index (χ1) is 8.65. The van der Waals surface area contributed by atoms with E-state index in [0.717, 1.165) is 0 Å². The molecular weight excluding hydrogens is 232 g/mol. The molecule has 4 nitrogen and oxygen atoms in total. The zero-order chi connectivity index (χ0) is 13.0. The summed E-state index contributed by atoms with van der Waals surface area (Å²) < 4.78 is 15.9. The second kappa shape index (κ2) is 5.40. The minimum absolute atomic E-state index is 0.00841. The van der Waals surface area contributed by atoms with Gasteiger partial charge in [0.15, 0.2) is 11.9 Å². The van der Waals surface area contributed by atoms with Crippen LogP contribution in [0.5, 0.6) is 17.4 Å². The number of furan rings is 1. The predicted molar refractivity (Wildman–Crippen MR) is 66.0 cm³/mol. The molecule has 0 saturated carbocycles. The molecule has 18 heavy (non-hydrogen) atoms. The molecule has 0 aliphatic rings. The summed E-state index contributed by atoms with van der Waals surface area (Å²) in [7, 11) is 0. The summed E-state index contributed by atoms with van der Waals surface area (Å²) in [6.45, 7) is 3.22. The van der Waals surface area contributed by atoms with Gasteiger partial charge in [-0.2, -0.15) is 0 Å². The number of ether oxygens (including phenoxy) is 2. The molecule has 1 aromatic carbocycles. The van der Waals surface area contributed by atoms with Crippen LogP contribution in [0.25, 0.3) is 0 Å².